The highest BCUT2D eigenvalue weighted by atomic mass is 16.3. The fourth-order valence-corrected chi connectivity index (χ4v) is 6.06. The Balaban J connectivity index is 1.40. The number of likely N-dealkylation sites (tertiary alicyclic amines) is 2. The van der Waals surface area contributed by atoms with E-state index in [1.54, 1.807) is 18.4 Å². The van der Waals surface area contributed by atoms with Gasteiger partial charge in [0.2, 0.25) is 0 Å². The average molecular weight is 493 g/mol. The van der Waals surface area contributed by atoms with Crippen LogP contribution in [0, 0.1) is 11.8 Å². The summed E-state index contributed by atoms with van der Waals surface area (Å²) < 4.78 is 5.30. The Labute approximate surface area is 217 Å². The molecule has 3 heterocycles. The van der Waals surface area contributed by atoms with Crippen LogP contribution in [0.15, 0.2) is 34.9 Å². The molecule has 5 nitrogen and oxygen atoms in total. The zero-order valence-electron chi connectivity index (χ0n) is 23.0. The molecule has 2 amide bonds. The minimum absolute atomic E-state index is 0.00395. The van der Waals surface area contributed by atoms with E-state index in [4.69, 9.17) is 4.42 Å². The number of hydrogen-bond acceptors (Lipinski definition) is 3. The first-order valence-electron chi connectivity index (χ1n) is 14.0. The second-order valence-corrected chi connectivity index (χ2v) is 11.8. The molecule has 1 aromatic heterocycles. The van der Waals surface area contributed by atoms with E-state index in [0.717, 1.165) is 57.4 Å². The third-order valence-corrected chi connectivity index (χ3v) is 8.40. The van der Waals surface area contributed by atoms with Gasteiger partial charge in [-0.05, 0) is 84.1 Å². The average Bonchev–Trinajstić information content (AvgIpc) is 3.42. The van der Waals surface area contributed by atoms with Crippen molar-refractivity contribution in [2.45, 2.75) is 85.0 Å². The van der Waals surface area contributed by atoms with Crippen molar-refractivity contribution in [2.24, 2.45) is 11.8 Å². The van der Waals surface area contributed by atoms with Crippen LogP contribution in [0.1, 0.15) is 123 Å². The molecule has 5 heteroatoms. The van der Waals surface area contributed by atoms with Crippen LogP contribution in [0.3, 0.4) is 0 Å². The molecule has 2 aliphatic rings. The molecule has 0 spiro atoms. The normalized spacial score (nSPS) is 18.0. The summed E-state index contributed by atoms with van der Waals surface area (Å²) in [6, 6.07) is 8.06. The zero-order chi connectivity index (χ0) is 26.0. The lowest BCUT2D eigenvalue weighted by Gasteiger charge is -2.40. The molecule has 2 fully saturated rings. The number of furan rings is 1. The van der Waals surface area contributed by atoms with Gasteiger partial charge in [0.05, 0.1) is 6.26 Å². The van der Waals surface area contributed by atoms with Gasteiger partial charge >= 0.3 is 0 Å². The summed E-state index contributed by atoms with van der Waals surface area (Å²) in [6.07, 6.45) is 5.75. The second kappa shape index (κ2) is 11.2. The fourth-order valence-electron chi connectivity index (χ4n) is 6.06. The fraction of sp³-hybridized carbons (Fsp3) is 0.613. The van der Waals surface area contributed by atoms with Crippen molar-refractivity contribution in [2.75, 3.05) is 26.2 Å². The largest absolute Gasteiger partial charge is 0.459 e. The van der Waals surface area contributed by atoms with Gasteiger partial charge in [0.15, 0.2) is 5.76 Å². The van der Waals surface area contributed by atoms with E-state index in [1.165, 1.54) is 16.7 Å². The summed E-state index contributed by atoms with van der Waals surface area (Å²) in [6.45, 7) is 16.5. The Kier molecular flexibility index (Phi) is 8.27. The maximum absolute atomic E-state index is 13.9. The molecular weight excluding hydrogens is 448 g/mol. The molecule has 0 saturated carbocycles. The van der Waals surface area contributed by atoms with Crippen molar-refractivity contribution < 1.29 is 14.0 Å². The number of rotatable bonds is 6. The van der Waals surface area contributed by atoms with Gasteiger partial charge in [-0.15, -0.1) is 0 Å². The van der Waals surface area contributed by atoms with E-state index >= 15 is 0 Å². The number of amides is 2. The van der Waals surface area contributed by atoms with E-state index in [0.29, 0.717) is 35.3 Å². The van der Waals surface area contributed by atoms with Crippen LogP contribution in [-0.4, -0.2) is 47.8 Å². The van der Waals surface area contributed by atoms with Gasteiger partial charge in [0, 0.05) is 31.7 Å². The van der Waals surface area contributed by atoms with E-state index in [2.05, 4.69) is 58.6 Å². The number of hydrogen-bond donors (Lipinski definition) is 0. The van der Waals surface area contributed by atoms with Crippen molar-refractivity contribution in [1.82, 2.24) is 9.80 Å². The molecule has 2 aliphatic heterocycles. The molecular formula is C31H44N2O3. The van der Waals surface area contributed by atoms with Gasteiger partial charge in [-0.1, -0.05) is 53.7 Å². The maximum Gasteiger partial charge on any atom is 0.289 e. The van der Waals surface area contributed by atoms with Gasteiger partial charge in [-0.2, -0.15) is 0 Å². The highest BCUT2D eigenvalue weighted by Crippen LogP contribution is 2.36. The Bertz CT molecular complexity index is 1010. The lowest BCUT2D eigenvalue weighted by Crippen LogP contribution is -2.44. The van der Waals surface area contributed by atoms with Crippen LogP contribution in [-0.2, 0) is 0 Å². The summed E-state index contributed by atoms with van der Waals surface area (Å²) in [7, 11) is 0. The van der Waals surface area contributed by atoms with Gasteiger partial charge in [0.1, 0.15) is 0 Å². The molecule has 4 rings (SSSR count). The molecule has 0 aliphatic carbocycles. The highest BCUT2D eigenvalue weighted by molar-refractivity contribution is 5.98. The maximum atomic E-state index is 13.9. The lowest BCUT2D eigenvalue weighted by molar-refractivity contribution is 0.0520. The second-order valence-electron chi connectivity index (χ2n) is 11.8. The summed E-state index contributed by atoms with van der Waals surface area (Å²) in [5.74, 6) is 2.99. The van der Waals surface area contributed by atoms with Crippen molar-refractivity contribution in [3.63, 3.8) is 0 Å². The summed E-state index contributed by atoms with van der Waals surface area (Å²) in [5, 5.41) is 0. The predicted octanol–water partition coefficient (Wildman–Crippen LogP) is 7.05. The first-order valence-corrected chi connectivity index (χ1v) is 14.0. The van der Waals surface area contributed by atoms with E-state index < -0.39 is 0 Å². The first kappa shape index (κ1) is 26.5. The number of carbonyl (C=O) groups is 2. The molecule has 0 radical (unpaired) electrons. The third-order valence-electron chi connectivity index (χ3n) is 8.40. The number of carbonyl (C=O) groups excluding carboxylic acids is 2. The SMILES string of the molecule is CC(C)c1cc(C(C)C)c(C(=O)N2CCC(C3CCN(C(=O)c4ccco4)CC3)CC2)c(C(C)C)c1. The molecule has 0 N–H and O–H groups in total. The molecule has 2 aromatic rings. The van der Waals surface area contributed by atoms with Crippen molar-refractivity contribution in [1.29, 1.82) is 0 Å². The number of piperidine rings is 2. The van der Waals surface area contributed by atoms with Crippen LogP contribution in [0.25, 0.3) is 0 Å². The minimum Gasteiger partial charge on any atom is -0.459 e. The number of nitrogens with zero attached hydrogens (tertiary/aromatic N) is 2. The van der Waals surface area contributed by atoms with Crippen molar-refractivity contribution in [3.8, 4) is 0 Å². The molecule has 2 saturated heterocycles. The zero-order valence-corrected chi connectivity index (χ0v) is 23.0. The predicted molar refractivity (Wildman–Crippen MR) is 145 cm³/mol. The topological polar surface area (TPSA) is 53.8 Å². The van der Waals surface area contributed by atoms with E-state index in [9.17, 15) is 9.59 Å². The van der Waals surface area contributed by atoms with Crippen molar-refractivity contribution >= 4 is 11.8 Å². The summed E-state index contributed by atoms with van der Waals surface area (Å²) in [4.78, 5) is 30.5. The molecule has 0 atom stereocenters. The Morgan fingerprint density at radius 2 is 1.22 bits per heavy atom. The highest BCUT2D eigenvalue weighted by Gasteiger charge is 2.34. The third kappa shape index (κ3) is 5.55. The molecule has 1 aromatic carbocycles. The Morgan fingerprint density at radius 3 is 1.61 bits per heavy atom. The Morgan fingerprint density at radius 1 is 0.750 bits per heavy atom. The number of benzene rings is 1. The monoisotopic (exact) mass is 492 g/mol. The van der Waals surface area contributed by atoms with Gasteiger partial charge in [-0.25, -0.2) is 0 Å². The van der Waals surface area contributed by atoms with Gasteiger partial charge in [-0.3, -0.25) is 9.59 Å². The van der Waals surface area contributed by atoms with Gasteiger partial charge in [0.25, 0.3) is 11.8 Å². The van der Waals surface area contributed by atoms with Crippen LogP contribution in [0.4, 0.5) is 0 Å². The first-order chi connectivity index (χ1) is 17.2. The summed E-state index contributed by atoms with van der Waals surface area (Å²) in [5.41, 5.74) is 4.68. The van der Waals surface area contributed by atoms with E-state index in [1.807, 2.05) is 4.90 Å². The standard InChI is InChI=1S/C31H44N2O3/c1-20(2)25-18-26(21(3)4)29(27(19-25)22(5)6)31(35)33-15-11-24(12-16-33)23-9-13-32(14-10-23)30(34)28-8-7-17-36-28/h7-8,17-24H,9-16H2,1-6H3. The van der Waals surface area contributed by atoms with Crippen LogP contribution >= 0.6 is 0 Å². The van der Waals surface area contributed by atoms with E-state index in [-0.39, 0.29) is 11.8 Å². The van der Waals surface area contributed by atoms with Crippen LogP contribution in [0.2, 0.25) is 0 Å². The van der Waals surface area contributed by atoms with Crippen LogP contribution < -0.4 is 0 Å². The molecule has 0 bridgehead atoms. The lowest BCUT2D eigenvalue weighted by atomic mass is 9.78. The molecule has 196 valence electrons. The molecule has 36 heavy (non-hydrogen) atoms. The van der Waals surface area contributed by atoms with Gasteiger partial charge < -0.3 is 14.2 Å². The Hall–Kier alpha value is -2.56. The molecule has 0 unspecified atom stereocenters. The smallest absolute Gasteiger partial charge is 0.289 e. The quantitative estimate of drug-likeness (QED) is 0.434. The minimum atomic E-state index is 0.00395. The van der Waals surface area contributed by atoms with Crippen LogP contribution in [0.5, 0.6) is 0 Å². The summed E-state index contributed by atoms with van der Waals surface area (Å²) >= 11 is 0. The van der Waals surface area contributed by atoms with Crippen molar-refractivity contribution in [3.05, 3.63) is 58.5 Å².